The van der Waals surface area contributed by atoms with E-state index in [-0.39, 0.29) is 0 Å². The average molecular weight is 172 g/mol. The molecule has 0 aliphatic carbocycles. The lowest BCUT2D eigenvalue weighted by Gasteiger charge is -2.27. The van der Waals surface area contributed by atoms with Crippen molar-refractivity contribution >= 4 is 0 Å². The van der Waals surface area contributed by atoms with Crippen LogP contribution in [0.15, 0.2) is 0 Å². The molecule has 0 fully saturated rings. The summed E-state index contributed by atoms with van der Waals surface area (Å²) in [5.74, 6) is 0.788. The van der Waals surface area contributed by atoms with Crippen LogP contribution >= 0.6 is 0 Å². The summed E-state index contributed by atoms with van der Waals surface area (Å²) in [7, 11) is 1.96. The zero-order valence-corrected chi connectivity index (χ0v) is 9.20. The predicted molar refractivity (Wildman–Crippen MR) is 55.2 cm³/mol. The van der Waals surface area contributed by atoms with Crippen molar-refractivity contribution in [2.45, 2.75) is 34.1 Å². The van der Waals surface area contributed by atoms with Crippen LogP contribution in [0.2, 0.25) is 0 Å². The van der Waals surface area contributed by atoms with Crippen molar-refractivity contribution in [2.75, 3.05) is 20.3 Å². The third-order valence-corrected chi connectivity index (χ3v) is 1.87. The monoisotopic (exact) mass is 172 g/mol. The number of rotatable bonds is 6. The number of hydrogen-bond donors (Lipinski definition) is 2. The highest BCUT2D eigenvalue weighted by molar-refractivity contribution is 4.72. The Balaban J connectivity index is 3.56. The highest BCUT2D eigenvalue weighted by atomic mass is 15.0. The second-order valence-electron chi connectivity index (χ2n) is 4.72. The molecule has 0 rings (SSSR count). The van der Waals surface area contributed by atoms with Crippen LogP contribution < -0.4 is 10.6 Å². The first-order valence-corrected chi connectivity index (χ1v) is 4.83. The zero-order valence-electron chi connectivity index (χ0n) is 9.20. The molecule has 0 bridgehead atoms. The molecule has 2 nitrogen and oxygen atoms in total. The molecular weight excluding hydrogens is 148 g/mol. The molecule has 0 aliphatic heterocycles. The molecular formula is C10H24N2. The Hall–Kier alpha value is -0.0800. The lowest BCUT2D eigenvalue weighted by molar-refractivity contribution is 0.272. The van der Waals surface area contributed by atoms with E-state index in [0.29, 0.717) is 5.41 Å². The average Bonchev–Trinajstić information content (AvgIpc) is 1.84. The van der Waals surface area contributed by atoms with Crippen LogP contribution in [0.3, 0.4) is 0 Å². The molecule has 2 N–H and O–H groups in total. The lowest BCUT2D eigenvalue weighted by Crippen LogP contribution is -2.35. The summed E-state index contributed by atoms with van der Waals surface area (Å²) in [6, 6.07) is 0. The van der Waals surface area contributed by atoms with Crippen molar-refractivity contribution in [1.29, 1.82) is 0 Å². The van der Waals surface area contributed by atoms with Gasteiger partial charge in [0.05, 0.1) is 0 Å². The molecule has 0 spiro atoms. The summed E-state index contributed by atoms with van der Waals surface area (Å²) < 4.78 is 0. The fourth-order valence-electron chi connectivity index (χ4n) is 1.70. The SMILES string of the molecule is CNCNCC(C)(C)CC(C)C. The van der Waals surface area contributed by atoms with Crippen LogP contribution in [0, 0.1) is 11.3 Å². The van der Waals surface area contributed by atoms with Gasteiger partial charge in [-0.25, -0.2) is 0 Å². The van der Waals surface area contributed by atoms with Crippen LogP contribution in [0.5, 0.6) is 0 Å². The summed E-state index contributed by atoms with van der Waals surface area (Å²) in [6.45, 7) is 11.2. The molecule has 2 heteroatoms. The van der Waals surface area contributed by atoms with Crippen LogP contribution in [-0.2, 0) is 0 Å². The number of nitrogens with one attached hydrogen (secondary N) is 2. The second kappa shape index (κ2) is 5.55. The predicted octanol–water partition coefficient (Wildman–Crippen LogP) is 1.83. The molecule has 0 saturated carbocycles. The third-order valence-electron chi connectivity index (χ3n) is 1.87. The van der Waals surface area contributed by atoms with Gasteiger partial charge >= 0.3 is 0 Å². The maximum Gasteiger partial charge on any atom is 0.0451 e. The molecule has 0 aromatic heterocycles. The van der Waals surface area contributed by atoms with E-state index in [4.69, 9.17) is 0 Å². The first-order valence-electron chi connectivity index (χ1n) is 4.83. The van der Waals surface area contributed by atoms with E-state index in [2.05, 4.69) is 38.3 Å². The Kier molecular flexibility index (Phi) is 5.51. The summed E-state index contributed by atoms with van der Waals surface area (Å²) in [5.41, 5.74) is 0.422. The van der Waals surface area contributed by atoms with Gasteiger partial charge in [-0.05, 0) is 24.8 Å². The van der Waals surface area contributed by atoms with E-state index >= 15 is 0 Å². The van der Waals surface area contributed by atoms with Crippen LogP contribution in [0.4, 0.5) is 0 Å². The first kappa shape index (κ1) is 11.9. The summed E-state index contributed by atoms with van der Waals surface area (Å²) in [6.07, 6.45) is 1.28. The van der Waals surface area contributed by atoms with Crippen molar-refractivity contribution in [3.8, 4) is 0 Å². The van der Waals surface area contributed by atoms with E-state index < -0.39 is 0 Å². The van der Waals surface area contributed by atoms with Gasteiger partial charge in [-0.2, -0.15) is 0 Å². The molecule has 0 amide bonds. The van der Waals surface area contributed by atoms with Gasteiger partial charge < -0.3 is 10.6 Å². The maximum absolute atomic E-state index is 3.37. The van der Waals surface area contributed by atoms with Gasteiger partial charge in [0.2, 0.25) is 0 Å². The molecule has 0 atom stereocenters. The van der Waals surface area contributed by atoms with Crippen molar-refractivity contribution in [1.82, 2.24) is 10.6 Å². The van der Waals surface area contributed by atoms with Crippen molar-refractivity contribution in [3.05, 3.63) is 0 Å². The largest absolute Gasteiger partial charge is 0.308 e. The Bertz CT molecular complexity index is 108. The van der Waals surface area contributed by atoms with Crippen molar-refractivity contribution < 1.29 is 0 Å². The molecule has 0 saturated heterocycles. The normalized spacial score (nSPS) is 12.5. The fraction of sp³-hybridized carbons (Fsp3) is 1.00. The molecule has 0 aromatic rings. The Morgan fingerprint density at radius 2 is 1.83 bits per heavy atom. The lowest BCUT2D eigenvalue weighted by atomic mass is 9.84. The van der Waals surface area contributed by atoms with Crippen molar-refractivity contribution in [2.24, 2.45) is 11.3 Å². The number of hydrogen-bond acceptors (Lipinski definition) is 2. The summed E-state index contributed by atoms with van der Waals surface area (Å²) >= 11 is 0. The van der Waals surface area contributed by atoms with E-state index in [0.717, 1.165) is 19.1 Å². The van der Waals surface area contributed by atoms with Crippen LogP contribution in [-0.4, -0.2) is 20.3 Å². The molecule has 0 aliphatic rings. The van der Waals surface area contributed by atoms with Gasteiger partial charge in [0, 0.05) is 13.2 Å². The van der Waals surface area contributed by atoms with Gasteiger partial charge in [-0.1, -0.05) is 27.7 Å². The Morgan fingerprint density at radius 1 is 1.25 bits per heavy atom. The smallest absolute Gasteiger partial charge is 0.0451 e. The summed E-state index contributed by atoms with van der Waals surface area (Å²) in [4.78, 5) is 0. The minimum atomic E-state index is 0.422. The van der Waals surface area contributed by atoms with Crippen LogP contribution in [0.25, 0.3) is 0 Å². The van der Waals surface area contributed by atoms with Crippen LogP contribution in [0.1, 0.15) is 34.1 Å². The highest BCUT2D eigenvalue weighted by Gasteiger charge is 2.18. The third kappa shape index (κ3) is 6.62. The minimum absolute atomic E-state index is 0.422. The molecule has 74 valence electrons. The molecule has 0 radical (unpaired) electrons. The Labute approximate surface area is 77.1 Å². The molecule has 0 aromatic carbocycles. The van der Waals surface area contributed by atoms with Gasteiger partial charge in [-0.3, -0.25) is 0 Å². The van der Waals surface area contributed by atoms with E-state index in [1.807, 2.05) is 7.05 Å². The van der Waals surface area contributed by atoms with E-state index in [9.17, 15) is 0 Å². The molecule has 0 heterocycles. The Morgan fingerprint density at radius 3 is 2.25 bits per heavy atom. The van der Waals surface area contributed by atoms with Crippen molar-refractivity contribution in [3.63, 3.8) is 0 Å². The van der Waals surface area contributed by atoms with Gasteiger partial charge in [0.15, 0.2) is 0 Å². The second-order valence-corrected chi connectivity index (χ2v) is 4.72. The minimum Gasteiger partial charge on any atom is -0.308 e. The van der Waals surface area contributed by atoms with E-state index in [1.54, 1.807) is 0 Å². The quantitative estimate of drug-likeness (QED) is 0.472. The molecule has 0 unspecified atom stereocenters. The van der Waals surface area contributed by atoms with Gasteiger partial charge in [0.1, 0.15) is 0 Å². The standard InChI is InChI=1S/C10H24N2/c1-9(2)6-10(3,4)7-12-8-11-5/h9,11-12H,6-8H2,1-5H3. The first-order chi connectivity index (χ1) is 5.48. The fourth-order valence-corrected chi connectivity index (χ4v) is 1.70. The maximum atomic E-state index is 3.37. The highest BCUT2D eigenvalue weighted by Crippen LogP contribution is 2.23. The topological polar surface area (TPSA) is 24.1 Å². The van der Waals surface area contributed by atoms with Gasteiger partial charge in [-0.15, -0.1) is 0 Å². The zero-order chi connectivity index (χ0) is 9.61. The van der Waals surface area contributed by atoms with E-state index in [1.165, 1.54) is 6.42 Å². The van der Waals surface area contributed by atoms with Gasteiger partial charge in [0.25, 0.3) is 0 Å². The summed E-state index contributed by atoms with van der Waals surface area (Å²) in [5, 5.41) is 6.45. The molecule has 12 heavy (non-hydrogen) atoms.